The van der Waals surface area contributed by atoms with E-state index in [9.17, 15) is 0 Å². The molecule has 0 aliphatic carbocycles. The van der Waals surface area contributed by atoms with E-state index in [0.717, 1.165) is 39.3 Å². The smallest absolute Gasteiger partial charge is 0.283 e. The van der Waals surface area contributed by atoms with Gasteiger partial charge in [0.2, 0.25) is 0 Å². The quantitative estimate of drug-likeness (QED) is 0.653. The van der Waals surface area contributed by atoms with Gasteiger partial charge in [0.1, 0.15) is 24.4 Å². The van der Waals surface area contributed by atoms with Crippen LogP contribution in [-0.2, 0) is 10.3 Å². The summed E-state index contributed by atoms with van der Waals surface area (Å²) < 4.78 is 11.9. The molecule has 0 radical (unpaired) electrons. The summed E-state index contributed by atoms with van der Waals surface area (Å²) in [6.45, 7) is 0.976. The summed E-state index contributed by atoms with van der Waals surface area (Å²) in [5.74, 6) is 7.84. The van der Waals surface area contributed by atoms with Crippen molar-refractivity contribution in [2.24, 2.45) is 10.7 Å². The van der Waals surface area contributed by atoms with Crippen molar-refractivity contribution in [3.63, 3.8) is 0 Å². The number of aliphatic imine (C=N–C) groups is 1. The molecule has 3 aromatic rings. The van der Waals surface area contributed by atoms with Crippen LogP contribution in [-0.4, -0.2) is 48.1 Å². The van der Waals surface area contributed by atoms with Crippen LogP contribution in [0.3, 0.4) is 0 Å². The lowest BCUT2D eigenvalue weighted by atomic mass is 9.80. The van der Waals surface area contributed by atoms with Crippen molar-refractivity contribution in [3.05, 3.63) is 71.8 Å². The van der Waals surface area contributed by atoms with Crippen molar-refractivity contribution < 1.29 is 9.47 Å². The molecule has 7 nitrogen and oxygen atoms in total. The highest BCUT2D eigenvalue weighted by Crippen LogP contribution is 2.51. The van der Waals surface area contributed by atoms with Crippen molar-refractivity contribution in [1.82, 2.24) is 14.9 Å². The second-order valence-corrected chi connectivity index (χ2v) is 7.79. The van der Waals surface area contributed by atoms with Crippen molar-refractivity contribution in [2.75, 3.05) is 27.2 Å². The van der Waals surface area contributed by atoms with Crippen LogP contribution < -0.4 is 10.5 Å². The molecule has 2 aliphatic heterocycles. The zero-order chi connectivity index (χ0) is 21.4. The Balaban J connectivity index is 1.65. The first-order valence-electron chi connectivity index (χ1n) is 9.89. The van der Waals surface area contributed by atoms with E-state index in [-0.39, 0.29) is 6.02 Å². The Labute approximate surface area is 180 Å². The number of benzene rings is 2. The molecular weight excluding hydrogens is 390 g/mol. The van der Waals surface area contributed by atoms with Crippen molar-refractivity contribution in [3.8, 4) is 34.5 Å². The fraction of sp³-hybridized carbons (Fsp3) is 0.208. The monoisotopic (exact) mass is 411 g/mol. The summed E-state index contributed by atoms with van der Waals surface area (Å²) in [4.78, 5) is 15.0. The van der Waals surface area contributed by atoms with Crippen LogP contribution in [0.5, 0.6) is 11.5 Å². The van der Waals surface area contributed by atoms with Gasteiger partial charge in [-0.25, -0.2) is 15.0 Å². The topological polar surface area (TPSA) is 85.9 Å². The molecule has 1 aromatic heterocycles. The van der Waals surface area contributed by atoms with Crippen LogP contribution in [0.2, 0.25) is 0 Å². The lowest BCUT2D eigenvalue weighted by Crippen LogP contribution is -2.31. The van der Waals surface area contributed by atoms with Gasteiger partial charge in [-0.3, -0.25) is 4.90 Å². The summed E-state index contributed by atoms with van der Waals surface area (Å²) in [6.07, 6.45) is 5.07. The van der Waals surface area contributed by atoms with E-state index in [4.69, 9.17) is 20.2 Å². The summed E-state index contributed by atoms with van der Waals surface area (Å²) in [5.41, 5.74) is 9.73. The molecule has 7 heteroatoms. The van der Waals surface area contributed by atoms with Crippen molar-refractivity contribution in [2.45, 2.75) is 5.54 Å². The van der Waals surface area contributed by atoms with Crippen LogP contribution in [0.15, 0.2) is 60.1 Å². The molecule has 0 saturated heterocycles. The number of amidine groups is 1. The lowest BCUT2D eigenvalue weighted by molar-refractivity contribution is 0.264. The zero-order valence-corrected chi connectivity index (χ0v) is 17.3. The van der Waals surface area contributed by atoms with Crippen molar-refractivity contribution in [1.29, 1.82) is 0 Å². The van der Waals surface area contributed by atoms with Gasteiger partial charge in [0.25, 0.3) is 6.02 Å². The first-order chi connectivity index (χ1) is 15.0. The molecule has 0 unspecified atom stereocenters. The van der Waals surface area contributed by atoms with Gasteiger partial charge in [-0.15, -0.1) is 0 Å². The second kappa shape index (κ2) is 7.42. The number of fused-ring (bicyclic) bond motifs is 4. The fourth-order valence-corrected chi connectivity index (χ4v) is 3.86. The summed E-state index contributed by atoms with van der Waals surface area (Å²) in [6, 6.07) is 12.0. The van der Waals surface area contributed by atoms with Gasteiger partial charge in [-0.2, -0.15) is 0 Å². The molecule has 1 atom stereocenters. The Morgan fingerprint density at radius 2 is 1.77 bits per heavy atom. The summed E-state index contributed by atoms with van der Waals surface area (Å²) in [5, 5.41) is 0. The van der Waals surface area contributed by atoms with E-state index in [2.05, 4.69) is 21.8 Å². The van der Waals surface area contributed by atoms with Crippen LogP contribution in [0.1, 0.15) is 16.7 Å². The van der Waals surface area contributed by atoms with E-state index in [1.54, 1.807) is 12.4 Å². The molecule has 1 spiro atoms. The number of rotatable bonds is 2. The van der Waals surface area contributed by atoms with Crippen molar-refractivity contribution >= 4 is 6.02 Å². The van der Waals surface area contributed by atoms with Gasteiger partial charge in [0.15, 0.2) is 5.54 Å². The molecule has 31 heavy (non-hydrogen) atoms. The molecule has 3 heterocycles. The first-order valence-corrected chi connectivity index (χ1v) is 9.89. The Bertz CT molecular complexity index is 1240. The Kier molecular flexibility index (Phi) is 4.57. The number of hydrogen-bond donors (Lipinski definition) is 1. The van der Waals surface area contributed by atoms with Gasteiger partial charge >= 0.3 is 0 Å². The van der Waals surface area contributed by atoms with E-state index >= 15 is 0 Å². The maximum Gasteiger partial charge on any atom is 0.283 e. The highest BCUT2D eigenvalue weighted by atomic mass is 16.5. The van der Waals surface area contributed by atoms with Gasteiger partial charge in [0, 0.05) is 34.6 Å². The summed E-state index contributed by atoms with van der Waals surface area (Å²) in [7, 11) is 3.98. The predicted molar refractivity (Wildman–Crippen MR) is 118 cm³/mol. The maximum atomic E-state index is 6.23. The Morgan fingerprint density at radius 1 is 1.03 bits per heavy atom. The molecule has 2 N–H and O–H groups in total. The maximum absolute atomic E-state index is 6.23. The molecular formula is C24H21N5O2. The predicted octanol–water partition coefficient (Wildman–Crippen LogP) is 2.75. The number of nitrogens with zero attached hydrogens (tertiary/aromatic N) is 4. The molecule has 0 fully saturated rings. The average Bonchev–Trinajstić information content (AvgIpc) is 3.17. The average molecular weight is 411 g/mol. The number of hydrogen-bond acceptors (Lipinski definition) is 7. The lowest BCUT2D eigenvalue weighted by Gasteiger charge is -2.33. The van der Waals surface area contributed by atoms with Gasteiger partial charge < -0.3 is 15.2 Å². The SMILES string of the molecule is CN(C)CC#Cc1ccc2c(c1)[C@]1(COC(N)=N1)c1cc(-c3cncnc3)ccc1O2. The zero-order valence-electron chi connectivity index (χ0n) is 17.3. The Hall–Kier alpha value is -3.89. The molecule has 0 saturated carbocycles. The fourth-order valence-electron chi connectivity index (χ4n) is 3.86. The third kappa shape index (κ3) is 3.37. The van der Waals surface area contributed by atoms with Crippen LogP contribution >= 0.6 is 0 Å². The molecule has 2 aromatic carbocycles. The summed E-state index contributed by atoms with van der Waals surface area (Å²) >= 11 is 0. The first kappa shape index (κ1) is 19.1. The molecule has 0 bridgehead atoms. The normalized spacial score (nSPS) is 18.4. The van der Waals surface area contributed by atoms with E-state index < -0.39 is 5.54 Å². The standard InChI is InChI=1S/C24H21N5O2/c1-29(2)9-3-4-16-5-7-21-19(10-16)24(14-30-23(25)28-24)20-11-17(6-8-22(20)31-21)18-12-26-15-27-13-18/h5-8,10-13,15H,9,14H2,1-2H3,(H2,25,28)/t24-/m1/s1. The Morgan fingerprint density at radius 3 is 2.48 bits per heavy atom. The highest BCUT2D eigenvalue weighted by molar-refractivity contribution is 5.78. The minimum Gasteiger partial charge on any atom is -0.462 e. The van der Waals surface area contributed by atoms with Gasteiger partial charge in [-0.05, 0) is 50.0 Å². The molecule has 154 valence electrons. The van der Waals surface area contributed by atoms with Crippen LogP contribution in [0, 0.1) is 11.8 Å². The van der Waals surface area contributed by atoms with E-state index in [1.807, 2.05) is 55.4 Å². The molecule has 0 amide bonds. The third-order valence-corrected chi connectivity index (χ3v) is 5.32. The second-order valence-electron chi connectivity index (χ2n) is 7.79. The van der Waals surface area contributed by atoms with Gasteiger partial charge in [-0.1, -0.05) is 17.9 Å². The van der Waals surface area contributed by atoms with Crippen LogP contribution in [0.4, 0.5) is 0 Å². The van der Waals surface area contributed by atoms with E-state index in [0.29, 0.717) is 13.2 Å². The number of ether oxygens (including phenoxy) is 2. The number of nitrogens with two attached hydrogens (primary N) is 1. The largest absolute Gasteiger partial charge is 0.462 e. The highest BCUT2D eigenvalue weighted by Gasteiger charge is 2.47. The van der Waals surface area contributed by atoms with Crippen LogP contribution in [0.25, 0.3) is 11.1 Å². The minimum atomic E-state index is -0.794. The van der Waals surface area contributed by atoms with E-state index in [1.165, 1.54) is 6.33 Å². The molecule has 2 aliphatic rings. The third-order valence-electron chi connectivity index (χ3n) is 5.32. The molecule has 5 rings (SSSR count). The van der Waals surface area contributed by atoms with Gasteiger partial charge in [0.05, 0.1) is 6.54 Å². The minimum absolute atomic E-state index is 0.163. The number of aromatic nitrogens is 2.